The lowest BCUT2D eigenvalue weighted by atomic mass is 9.95. The molecule has 1 aromatic rings. The number of amides is 2. The summed E-state index contributed by atoms with van der Waals surface area (Å²) in [6.07, 6.45) is 0. The maximum absolute atomic E-state index is 13.6. The van der Waals surface area contributed by atoms with E-state index in [2.05, 4.69) is 10.6 Å². The van der Waals surface area contributed by atoms with Crippen LogP contribution in [0.1, 0.15) is 38.1 Å². The first-order valence-electron chi connectivity index (χ1n) is 6.67. The van der Waals surface area contributed by atoms with E-state index in [-0.39, 0.29) is 17.2 Å². The van der Waals surface area contributed by atoms with Gasteiger partial charge in [0, 0.05) is 5.41 Å². The van der Waals surface area contributed by atoms with Crippen LogP contribution in [-0.2, 0) is 9.59 Å². The molecule has 7 heteroatoms. The molecule has 1 atom stereocenters. The van der Waals surface area contributed by atoms with Crippen LogP contribution in [0.3, 0.4) is 0 Å². The Kier molecular flexibility index (Phi) is 5.24. The van der Waals surface area contributed by atoms with E-state index in [0.717, 1.165) is 18.2 Å². The van der Waals surface area contributed by atoms with Crippen LogP contribution in [0, 0.1) is 11.2 Å². The van der Waals surface area contributed by atoms with Gasteiger partial charge in [-0.05, 0) is 25.1 Å². The topological polar surface area (TPSA) is 95.5 Å². The number of hydrogen-bond acceptors (Lipinski definition) is 3. The quantitative estimate of drug-likeness (QED) is 0.792. The molecule has 22 heavy (non-hydrogen) atoms. The Balaban J connectivity index is 2.82. The summed E-state index contributed by atoms with van der Waals surface area (Å²) in [5.41, 5.74) is -1.06. The monoisotopic (exact) mass is 310 g/mol. The van der Waals surface area contributed by atoms with Gasteiger partial charge in [0.2, 0.25) is 11.8 Å². The fraction of sp³-hybridized carbons (Fsp3) is 0.400. The average molecular weight is 310 g/mol. The highest BCUT2D eigenvalue weighted by molar-refractivity contribution is 5.98. The summed E-state index contributed by atoms with van der Waals surface area (Å²) in [6, 6.07) is 2.18. The van der Waals surface area contributed by atoms with E-state index in [0.29, 0.717) is 0 Å². The van der Waals surface area contributed by atoms with Gasteiger partial charge in [0.05, 0.1) is 11.3 Å². The van der Waals surface area contributed by atoms with Crippen molar-refractivity contribution in [3.63, 3.8) is 0 Å². The molecule has 1 rings (SSSR count). The van der Waals surface area contributed by atoms with Gasteiger partial charge in [-0.3, -0.25) is 9.59 Å². The maximum Gasteiger partial charge on any atom is 0.335 e. The number of carboxylic acid groups (broad SMARTS) is 1. The number of rotatable bonds is 4. The Morgan fingerprint density at radius 3 is 2.32 bits per heavy atom. The predicted molar refractivity (Wildman–Crippen MR) is 79.0 cm³/mol. The lowest BCUT2D eigenvalue weighted by Gasteiger charge is -2.21. The zero-order valence-corrected chi connectivity index (χ0v) is 12.9. The lowest BCUT2D eigenvalue weighted by molar-refractivity contribution is -0.131. The van der Waals surface area contributed by atoms with E-state index in [1.165, 1.54) is 6.92 Å². The van der Waals surface area contributed by atoms with E-state index >= 15 is 0 Å². The van der Waals surface area contributed by atoms with Gasteiger partial charge >= 0.3 is 5.97 Å². The van der Waals surface area contributed by atoms with Gasteiger partial charge in [-0.1, -0.05) is 20.8 Å². The van der Waals surface area contributed by atoms with Gasteiger partial charge in [0.15, 0.2) is 0 Å². The molecule has 0 fully saturated rings. The zero-order valence-electron chi connectivity index (χ0n) is 12.9. The Hall–Kier alpha value is -2.44. The fourth-order valence-corrected chi connectivity index (χ4v) is 1.47. The van der Waals surface area contributed by atoms with Gasteiger partial charge in [-0.25, -0.2) is 9.18 Å². The van der Waals surface area contributed by atoms with Crippen molar-refractivity contribution in [2.24, 2.45) is 5.41 Å². The molecule has 0 aromatic heterocycles. The molecule has 1 aromatic carbocycles. The Labute approximate surface area is 127 Å². The van der Waals surface area contributed by atoms with Crippen molar-refractivity contribution < 1.29 is 23.9 Å². The molecule has 0 bridgehead atoms. The van der Waals surface area contributed by atoms with Crippen LogP contribution < -0.4 is 10.6 Å². The minimum atomic E-state index is -1.23. The summed E-state index contributed by atoms with van der Waals surface area (Å²) >= 11 is 0. The van der Waals surface area contributed by atoms with Crippen molar-refractivity contribution in [1.29, 1.82) is 0 Å². The van der Waals surface area contributed by atoms with E-state index in [1.807, 2.05) is 0 Å². The van der Waals surface area contributed by atoms with Crippen molar-refractivity contribution in [1.82, 2.24) is 5.32 Å². The van der Waals surface area contributed by atoms with Gasteiger partial charge in [-0.15, -0.1) is 0 Å². The number of benzene rings is 1. The van der Waals surface area contributed by atoms with Crippen LogP contribution in [0.4, 0.5) is 10.1 Å². The molecule has 0 aliphatic rings. The summed E-state index contributed by atoms with van der Waals surface area (Å²) in [7, 11) is 0. The Morgan fingerprint density at radius 2 is 1.82 bits per heavy atom. The number of aromatic carboxylic acids is 1. The summed E-state index contributed by atoms with van der Waals surface area (Å²) < 4.78 is 13.6. The van der Waals surface area contributed by atoms with E-state index in [1.54, 1.807) is 20.8 Å². The van der Waals surface area contributed by atoms with Crippen molar-refractivity contribution in [2.75, 3.05) is 5.32 Å². The average Bonchev–Trinajstić information content (AvgIpc) is 2.39. The van der Waals surface area contributed by atoms with E-state index < -0.39 is 29.2 Å². The number of anilines is 1. The van der Waals surface area contributed by atoms with Gasteiger partial charge in [0.25, 0.3) is 0 Å². The van der Waals surface area contributed by atoms with Gasteiger partial charge in [0.1, 0.15) is 11.9 Å². The highest BCUT2D eigenvalue weighted by atomic mass is 19.1. The molecule has 0 heterocycles. The summed E-state index contributed by atoms with van der Waals surface area (Å²) in [5.74, 6) is -2.95. The third kappa shape index (κ3) is 4.54. The number of hydrogen-bond donors (Lipinski definition) is 3. The third-order valence-electron chi connectivity index (χ3n) is 2.89. The molecule has 120 valence electrons. The first kappa shape index (κ1) is 17.6. The second-order valence-corrected chi connectivity index (χ2v) is 5.93. The zero-order chi connectivity index (χ0) is 17.1. The molecule has 1 unspecified atom stereocenters. The largest absolute Gasteiger partial charge is 0.478 e. The van der Waals surface area contributed by atoms with Crippen LogP contribution in [0.5, 0.6) is 0 Å². The highest BCUT2D eigenvalue weighted by Crippen LogP contribution is 2.17. The highest BCUT2D eigenvalue weighted by Gasteiger charge is 2.25. The smallest absolute Gasteiger partial charge is 0.335 e. The molecule has 0 spiro atoms. The first-order chi connectivity index (χ1) is 10.0. The lowest BCUT2D eigenvalue weighted by Crippen LogP contribution is -2.46. The van der Waals surface area contributed by atoms with E-state index in [4.69, 9.17) is 5.11 Å². The molecule has 0 aliphatic carbocycles. The molecular weight excluding hydrogens is 291 g/mol. The second kappa shape index (κ2) is 6.55. The summed E-state index contributed by atoms with van der Waals surface area (Å²) in [4.78, 5) is 34.6. The fourth-order valence-electron chi connectivity index (χ4n) is 1.47. The van der Waals surface area contributed by atoms with Crippen molar-refractivity contribution >= 4 is 23.5 Å². The SMILES string of the molecule is CC(NC(=O)C(C)(C)C)C(=O)Nc1cc(C(=O)O)ccc1F. The van der Waals surface area contributed by atoms with Crippen LogP contribution in [0.15, 0.2) is 18.2 Å². The maximum atomic E-state index is 13.6. The van der Waals surface area contributed by atoms with Gasteiger partial charge < -0.3 is 15.7 Å². The minimum Gasteiger partial charge on any atom is -0.478 e. The Morgan fingerprint density at radius 1 is 1.23 bits per heavy atom. The molecule has 0 aliphatic heterocycles. The van der Waals surface area contributed by atoms with Crippen molar-refractivity contribution in [2.45, 2.75) is 33.7 Å². The van der Waals surface area contributed by atoms with Crippen LogP contribution in [-0.4, -0.2) is 28.9 Å². The second-order valence-electron chi connectivity index (χ2n) is 5.93. The number of carbonyl (C=O) groups is 3. The van der Waals surface area contributed by atoms with E-state index in [9.17, 15) is 18.8 Å². The number of nitrogens with one attached hydrogen (secondary N) is 2. The predicted octanol–water partition coefficient (Wildman–Crippen LogP) is 2.01. The molecular formula is C15H19FN2O4. The minimum absolute atomic E-state index is 0.150. The number of carbonyl (C=O) groups excluding carboxylic acids is 2. The van der Waals surface area contributed by atoms with Gasteiger partial charge in [-0.2, -0.15) is 0 Å². The number of carboxylic acids is 1. The molecule has 0 saturated carbocycles. The molecule has 6 nitrogen and oxygen atoms in total. The summed E-state index contributed by atoms with van der Waals surface area (Å²) in [5, 5.41) is 13.6. The summed E-state index contributed by atoms with van der Waals surface area (Å²) in [6.45, 7) is 6.55. The molecule has 0 radical (unpaired) electrons. The third-order valence-corrected chi connectivity index (χ3v) is 2.89. The molecule has 0 saturated heterocycles. The van der Waals surface area contributed by atoms with Crippen molar-refractivity contribution in [3.8, 4) is 0 Å². The first-order valence-corrected chi connectivity index (χ1v) is 6.67. The molecule has 3 N–H and O–H groups in total. The number of halogens is 1. The standard InChI is InChI=1S/C15H19FN2O4/c1-8(17-14(22)15(2,3)4)12(19)18-11-7-9(13(20)21)5-6-10(11)16/h5-8H,1-4H3,(H,17,22)(H,18,19)(H,20,21). The van der Waals surface area contributed by atoms with Crippen LogP contribution in [0.2, 0.25) is 0 Å². The normalized spacial score (nSPS) is 12.4. The molecule has 2 amide bonds. The van der Waals surface area contributed by atoms with Crippen LogP contribution in [0.25, 0.3) is 0 Å². The Bertz CT molecular complexity index is 608. The van der Waals surface area contributed by atoms with Crippen LogP contribution >= 0.6 is 0 Å². The van der Waals surface area contributed by atoms with Crippen molar-refractivity contribution in [3.05, 3.63) is 29.6 Å².